The number of hydrogen-bond acceptors (Lipinski definition) is 3. The molecule has 94 valence electrons. The van der Waals surface area contributed by atoms with Crippen LogP contribution in [0, 0.1) is 5.82 Å². The molecule has 1 rings (SSSR count). The van der Waals surface area contributed by atoms with E-state index in [1.54, 1.807) is 0 Å². The Morgan fingerprint density at radius 1 is 1.47 bits per heavy atom. The second-order valence-corrected chi connectivity index (χ2v) is 2.74. The van der Waals surface area contributed by atoms with Gasteiger partial charge in [-0.15, -0.1) is 13.2 Å². The Morgan fingerprint density at radius 2 is 2.06 bits per heavy atom. The lowest BCUT2D eigenvalue weighted by molar-refractivity contribution is -0.274. The number of pyridine rings is 1. The quantitative estimate of drug-likeness (QED) is 0.844. The van der Waals surface area contributed by atoms with Crippen LogP contribution in [-0.2, 0) is 6.67 Å². The molecule has 9 heteroatoms. The van der Waals surface area contributed by atoms with Gasteiger partial charge >= 0.3 is 12.3 Å². The number of alkyl halides is 4. The Hall–Kier alpha value is -1.93. The Bertz CT molecular complexity index is 446. The molecule has 4 nitrogen and oxygen atoms in total. The zero-order valence-electron chi connectivity index (χ0n) is 7.89. The number of carboxylic acid groups (broad SMARTS) is 1. The van der Waals surface area contributed by atoms with Crippen molar-refractivity contribution >= 4 is 5.97 Å². The summed E-state index contributed by atoms with van der Waals surface area (Å²) in [5.41, 5.74) is -2.32. The van der Waals surface area contributed by atoms with Crippen LogP contribution < -0.4 is 4.74 Å². The van der Waals surface area contributed by atoms with Crippen LogP contribution in [0.4, 0.5) is 22.0 Å². The Morgan fingerprint density at radius 3 is 2.47 bits per heavy atom. The van der Waals surface area contributed by atoms with E-state index in [2.05, 4.69) is 9.72 Å². The molecule has 1 N–H and O–H groups in total. The van der Waals surface area contributed by atoms with Gasteiger partial charge in [-0.2, -0.15) is 0 Å². The molecule has 0 spiro atoms. The van der Waals surface area contributed by atoms with E-state index in [0.717, 1.165) is 0 Å². The summed E-state index contributed by atoms with van der Waals surface area (Å²) in [6, 6.07) is 0. The Balaban J connectivity index is 3.32. The largest absolute Gasteiger partial charge is 0.573 e. The average molecular weight is 257 g/mol. The molecule has 0 saturated carbocycles. The second kappa shape index (κ2) is 4.52. The van der Waals surface area contributed by atoms with Crippen LogP contribution in [0.3, 0.4) is 0 Å². The van der Waals surface area contributed by atoms with E-state index in [1.165, 1.54) is 0 Å². The highest BCUT2D eigenvalue weighted by Crippen LogP contribution is 2.28. The zero-order valence-corrected chi connectivity index (χ0v) is 7.89. The van der Waals surface area contributed by atoms with Crippen molar-refractivity contribution in [1.29, 1.82) is 0 Å². The molecule has 17 heavy (non-hydrogen) atoms. The summed E-state index contributed by atoms with van der Waals surface area (Å²) in [4.78, 5) is 13.5. The molecule has 0 saturated heterocycles. The molecule has 0 radical (unpaired) electrons. The lowest BCUT2D eigenvalue weighted by Gasteiger charge is -2.12. The fraction of sp³-hybridized carbons (Fsp3) is 0.250. The van der Waals surface area contributed by atoms with Crippen LogP contribution in [-0.4, -0.2) is 22.4 Å². The molecule has 0 atom stereocenters. The van der Waals surface area contributed by atoms with Crippen molar-refractivity contribution in [3.8, 4) is 5.75 Å². The first-order chi connectivity index (χ1) is 7.76. The molecule has 0 aromatic carbocycles. The molecule has 0 aliphatic carbocycles. The number of halogens is 5. The van der Waals surface area contributed by atoms with E-state index in [-0.39, 0.29) is 0 Å². The van der Waals surface area contributed by atoms with Gasteiger partial charge in [0.15, 0.2) is 11.6 Å². The predicted molar refractivity (Wildman–Crippen MR) is 42.6 cm³/mol. The topological polar surface area (TPSA) is 59.4 Å². The number of carbonyl (C=O) groups is 1. The van der Waals surface area contributed by atoms with Gasteiger partial charge in [0.2, 0.25) is 0 Å². The maximum atomic E-state index is 13.2. The Kier molecular flexibility index (Phi) is 3.49. The number of rotatable bonds is 3. The van der Waals surface area contributed by atoms with Gasteiger partial charge in [-0.05, 0) is 0 Å². The minimum Gasteiger partial charge on any atom is -0.477 e. The predicted octanol–water partition coefficient (Wildman–Crippen LogP) is 2.29. The van der Waals surface area contributed by atoms with Crippen LogP contribution in [0.25, 0.3) is 0 Å². The van der Waals surface area contributed by atoms with E-state index < -0.39 is 41.8 Å². The lowest BCUT2D eigenvalue weighted by Crippen LogP contribution is -2.20. The molecule has 1 aromatic heterocycles. The summed E-state index contributed by atoms with van der Waals surface area (Å²) in [6.45, 7) is -1.45. The third kappa shape index (κ3) is 3.02. The summed E-state index contributed by atoms with van der Waals surface area (Å²) >= 11 is 0. The van der Waals surface area contributed by atoms with Crippen LogP contribution in [0.1, 0.15) is 16.1 Å². The summed E-state index contributed by atoms with van der Waals surface area (Å²) in [6.07, 6.45) is -4.90. The van der Waals surface area contributed by atoms with Crippen molar-refractivity contribution in [2.24, 2.45) is 0 Å². The Labute approximate surface area is 90.6 Å². The van der Waals surface area contributed by atoms with Gasteiger partial charge < -0.3 is 9.84 Å². The van der Waals surface area contributed by atoms with Gasteiger partial charge in [-0.25, -0.2) is 13.6 Å². The first kappa shape index (κ1) is 13.1. The number of carboxylic acids is 1. The van der Waals surface area contributed by atoms with Crippen molar-refractivity contribution in [1.82, 2.24) is 4.98 Å². The standard InChI is InChI=1S/C8H4F5NO3/c9-1-3-6(10)5(7(15)16)4(2-14-3)17-8(11,12)13/h2H,1H2,(H,15,16). The average Bonchev–Trinajstić information content (AvgIpc) is 2.14. The molecule has 0 amide bonds. The number of aromatic carboxylic acids is 1. The normalized spacial score (nSPS) is 11.4. The van der Waals surface area contributed by atoms with E-state index in [9.17, 15) is 26.7 Å². The van der Waals surface area contributed by atoms with E-state index in [4.69, 9.17) is 5.11 Å². The maximum Gasteiger partial charge on any atom is 0.573 e. The van der Waals surface area contributed by atoms with Crippen LogP contribution in [0.15, 0.2) is 6.20 Å². The smallest absolute Gasteiger partial charge is 0.477 e. The molecule has 1 heterocycles. The van der Waals surface area contributed by atoms with Crippen LogP contribution in [0.5, 0.6) is 5.75 Å². The molecule has 0 aliphatic heterocycles. The molecule has 1 aromatic rings. The molecular weight excluding hydrogens is 253 g/mol. The number of ether oxygens (including phenoxy) is 1. The minimum absolute atomic E-state index is 0.301. The number of nitrogens with zero attached hydrogens (tertiary/aromatic N) is 1. The van der Waals surface area contributed by atoms with Crippen molar-refractivity contribution in [3.63, 3.8) is 0 Å². The molecule has 0 bridgehead atoms. The number of aromatic nitrogens is 1. The maximum absolute atomic E-state index is 13.2. The van der Waals surface area contributed by atoms with Gasteiger partial charge in [0.25, 0.3) is 0 Å². The fourth-order valence-electron chi connectivity index (χ4n) is 1.00. The monoisotopic (exact) mass is 257 g/mol. The van der Waals surface area contributed by atoms with Gasteiger partial charge in [0, 0.05) is 0 Å². The highest BCUT2D eigenvalue weighted by molar-refractivity contribution is 5.91. The van der Waals surface area contributed by atoms with Gasteiger partial charge in [-0.1, -0.05) is 0 Å². The third-order valence-electron chi connectivity index (χ3n) is 1.62. The first-order valence-corrected chi connectivity index (χ1v) is 3.98. The summed E-state index contributed by atoms with van der Waals surface area (Å²) < 4.78 is 64.2. The van der Waals surface area contributed by atoms with Gasteiger partial charge in [-0.3, -0.25) is 4.98 Å². The van der Waals surface area contributed by atoms with E-state index in [0.29, 0.717) is 6.20 Å². The zero-order chi connectivity index (χ0) is 13.2. The SMILES string of the molecule is O=C(O)c1c(OC(F)(F)F)cnc(CF)c1F. The molecular formula is C8H4F5NO3. The number of hydrogen-bond donors (Lipinski definition) is 1. The summed E-state index contributed by atoms with van der Waals surface area (Å²) in [7, 11) is 0. The highest BCUT2D eigenvalue weighted by atomic mass is 19.4. The summed E-state index contributed by atoms with van der Waals surface area (Å²) in [5, 5.41) is 8.53. The summed E-state index contributed by atoms with van der Waals surface area (Å²) in [5.74, 6) is -5.04. The molecule has 0 aliphatic rings. The van der Waals surface area contributed by atoms with Crippen molar-refractivity contribution < 1.29 is 36.6 Å². The lowest BCUT2D eigenvalue weighted by atomic mass is 10.2. The van der Waals surface area contributed by atoms with Gasteiger partial charge in [0.1, 0.15) is 17.9 Å². The molecule has 0 fully saturated rings. The van der Waals surface area contributed by atoms with Gasteiger partial charge in [0.05, 0.1) is 6.20 Å². The highest BCUT2D eigenvalue weighted by Gasteiger charge is 2.34. The van der Waals surface area contributed by atoms with E-state index >= 15 is 0 Å². The van der Waals surface area contributed by atoms with Crippen LogP contribution >= 0.6 is 0 Å². The van der Waals surface area contributed by atoms with Crippen molar-refractivity contribution in [2.75, 3.05) is 0 Å². The molecule has 0 unspecified atom stereocenters. The third-order valence-corrected chi connectivity index (χ3v) is 1.62. The van der Waals surface area contributed by atoms with E-state index in [1.807, 2.05) is 0 Å². The fourth-order valence-corrected chi connectivity index (χ4v) is 1.00. The minimum atomic E-state index is -5.20. The first-order valence-electron chi connectivity index (χ1n) is 3.98. The van der Waals surface area contributed by atoms with Crippen LogP contribution in [0.2, 0.25) is 0 Å². The van der Waals surface area contributed by atoms with Crippen molar-refractivity contribution in [3.05, 3.63) is 23.3 Å². The second-order valence-electron chi connectivity index (χ2n) is 2.74. The van der Waals surface area contributed by atoms with Crippen molar-refractivity contribution in [2.45, 2.75) is 13.0 Å².